The van der Waals surface area contributed by atoms with Gasteiger partial charge in [0.15, 0.2) is 0 Å². The van der Waals surface area contributed by atoms with Crippen molar-refractivity contribution in [1.29, 1.82) is 0 Å². The lowest BCUT2D eigenvalue weighted by molar-refractivity contribution is -0.143. The zero-order valence-electron chi connectivity index (χ0n) is 18.6. The number of hydrogen-bond donors (Lipinski definition) is 2. The number of nitrogens with zero attached hydrogens (tertiary/aromatic N) is 1. The molecule has 1 aliphatic carbocycles. The normalized spacial score (nSPS) is 20.1. The Balaban J connectivity index is 1.37. The number of carbonyl (C=O) groups excluding carboxylic acids is 2. The molecule has 2 aromatic rings. The third-order valence-corrected chi connectivity index (χ3v) is 6.74. The van der Waals surface area contributed by atoms with Crippen LogP contribution in [0.5, 0.6) is 0 Å². The summed E-state index contributed by atoms with van der Waals surface area (Å²) in [4.78, 5) is 37.5. The van der Waals surface area contributed by atoms with Crippen LogP contribution < -0.4 is 5.32 Å². The van der Waals surface area contributed by atoms with Crippen LogP contribution in [-0.4, -0.2) is 59.6 Å². The van der Waals surface area contributed by atoms with Gasteiger partial charge in [-0.1, -0.05) is 48.5 Å². The predicted molar refractivity (Wildman–Crippen MR) is 120 cm³/mol. The first-order valence-corrected chi connectivity index (χ1v) is 11.2. The standard InChI is InChI=1S/C25H26F2N2O5/c1-14-15(24(31)32)10-11-29(14)22(30)12-21(23(26)27)28-25(33)34-13-20-18-8-4-2-6-16(18)17-7-3-5-9-19(17)20/h2-9,14-15,20-21,23H,10-13H2,1H3,(H,28,33)(H,31,32). The van der Waals surface area contributed by atoms with E-state index >= 15 is 0 Å². The average molecular weight is 472 g/mol. The SMILES string of the molecule is CC1C(C(=O)O)CCN1C(=O)CC(NC(=O)OCC1c2ccccc2-c2ccccc21)C(F)F. The number of alkyl carbamates (subject to hydrolysis) is 1. The summed E-state index contributed by atoms with van der Waals surface area (Å²) in [5.41, 5.74) is 4.08. The number of fused-ring (bicyclic) bond motifs is 3. The number of rotatable bonds is 7. The molecule has 3 unspecified atom stereocenters. The summed E-state index contributed by atoms with van der Waals surface area (Å²) < 4.78 is 32.5. The van der Waals surface area contributed by atoms with E-state index in [1.165, 1.54) is 4.90 Å². The number of carbonyl (C=O) groups is 3. The fourth-order valence-corrected chi connectivity index (χ4v) is 4.92. The molecular formula is C25H26F2N2O5. The van der Waals surface area contributed by atoms with Crippen LogP contribution in [0.1, 0.15) is 36.8 Å². The van der Waals surface area contributed by atoms with Gasteiger partial charge in [0.25, 0.3) is 6.43 Å². The number of aliphatic carboxylic acids is 1. The number of carboxylic acid groups (broad SMARTS) is 1. The van der Waals surface area contributed by atoms with Gasteiger partial charge in [-0.3, -0.25) is 9.59 Å². The minimum atomic E-state index is -2.99. The van der Waals surface area contributed by atoms with Crippen molar-refractivity contribution >= 4 is 18.0 Å². The number of likely N-dealkylation sites (tertiary alicyclic amines) is 1. The molecule has 0 radical (unpaired) electrons. The van der Waals surface area contributed by atoms with Gasteiger partial charge in [-0.2, -0.15) is 0 Å². The lowest BCUT2D eigenvalue weighted by Crippen LogP contribution is -2.46. The van der Waals surface area contributed by atoms with E-state index in [0.717, 1.165) is 22.3 Å². The maximum Gasteiger partial charge on any atom is 0.407 e. The first kappa shape index (κ1) is 23.7. The molecule has 1 fully saturated rings. The van der Waals surface area contributed by atoms with Gasteiger partial charge in [0, 0.05) is 18.5 Å². The first-order valence-electron chi connectivity index (χ1n) is 11.2. The van der Waals surface area contributed by atoms with Crippen LogP contribution >= 0.6 is 0 Å². The Kier molecular flexibility index (Phi) is 6.81. The van der Waals surface area contributed by atoms with E-state index in [-0.39, 0.29) is 25.5 Å². The van der Waals surface area contributed by atoms with Crippen molar-refractivity contribution in [2.75, 3.05) is 13.2 Å². The molecule has 34 heavy (non-hydrogen) atoms. The average Bonchev–Trinajstić information content (AvgIpc) is 3.35. The van der Waals surface area contributed by atoms with Crippen molar-refractivity contribution in [2.45, 2.75) is 44.2 Å². The molecule has 4 rings (SSSR count). The van der Waals surface area contributed by atoms with Crippen LogP contribution in [0.3, 0.4) is 0 Å². The Morgan fingerprint density at radius 3 is 2.21 bits per heavy atom. The molecule has 2 amide bonds. The molecule has 9 heteroatoms. The third kappa shape index (κ3) is 4.60. The molecule has 0 spiro atoms. The van der Waals surface area contributed by atoms with Crippen molar-refractivity contribution in [3.63, 3.8) is 0 Å². The summed E-state index contributed by atoms with van der Waals surface area (Å²) in [5, 5.41) is 11.3. The van der Waals surface area contributed by atoms with Crippen molar-refractivity contribution < 1.29 is 33.0 Å². The molecule has 2 aromatic carbocycles. The van der Waals surface area contributed by atoms with Crippen LogP contribution in [0.15, 0.2) is 48.5 Å². The van der Waals surface area contributed by atoms with E-state index < -0.39 is 48.8 Å². The van der Waals surface area contributed by atoms with Gasteiger partial charge < -0.3 is 20.1 Å². The second kappa shape index (κ2) is 9.79. The molecular weight excluding hydrogens is 446 g/mol. The predicted octanol–water partition coefficient (Wildman–Crippen LogP) is 3.87. The largest absolute Gasteiger partial charge is 0.481 e. The third-order valence-electron chi connectivity index (χ3n) is 6.74. The van der Waals surface area contributed by atoms with Gasteiger partial charge in [-0.15, -0.1) is 0 Å². The number of halogens is 2. The van der Waals surface area contributed by atoms with Gasteiger partial charge in [-0.05, 0) is 35.6 Å². The van der Waals surface area contributed by atoms with Crippen molar-refractivity contribution in [3.05, 3.63) is 59.7 Å². The van der Waals surface area contributed by atoms with Crippen LogP contribution in [-0.2, 0) is 14.3 Å². The van der Waals surface area contributed by atoms with E-state index in [0.29, 0.717) is 0 Å². The number of hydrogen-bond acceptors (Lipinski definition) is 4. The zero-order chi connectivity index (χ0) is 24.4. The molecule has 7 nitrogen and oxygen atoms in total. The van der Waals surface area contributed by atoms with E-state index in [1.54, 1.807) is 6.92 Å². The second-order valence-corrected chi connectivity index (χ2v) is 8.68. The van der Waals surface area contributed by atoms with Crippen molar-refractivity contribution in [3.8, 4) is 11.1 Å². The summed E-state index contributed by atoms with van der Waals surface area (Å²) in [6.45, 7) is 1.73. The summed E-state index contributed by atoms with van der Waals surface area (Å²) in [6.07, 6.45) is -4.39. The molecule has 2 aliphatic rings. The highest BCUT2D eigenvalue weighted by Gasteiger charge is 2.39. The number of carboxylic acids is 1. The van der Waals surface area contributed by atoms with E-state index in [2.05, 4.69) is 5.32 Å². The van der Waals surface area contributed by atoms with Crippen LogP contribution in [0.4, 0.5) is 13.6 Å². The minimum absolute atomic E-state index is 0.0345. The first-order chi connectivity index (χ1) is 16.3. The fourth-order valence-electron chi connectivity index (χ4n) is 4.92. The fraction of sp³-hybridized carbons (Fsp3) is 0.400. The highest BCUT2D eigenvalue weighted by atomic mass is 19.3. The van der Waals surface area contributed by atoms with Crippen molar-refractivity contribution in [1.82, 2.24) is 10.2 Å². The summed E-state index contributed by atoms with van der Waals surface area (Å²) in [5.74, 6) is -2.60. The Hall–Kier alpha value is -3.49. The molecule has 0 aromatic heterocycles. The van der Waals surface area contributed by atoms with Gasteiger partial charge in [-0.25, -0.2) is 13.6 Å². The van der Waals surface area contributed by atoms with Crippen LogP contribution in [0.2, 0.25) is 0 Å². The van der Waals surface area contributed by atoms with Gasteiger partial charge in [0.05, 0.1) is 12.3 Å². The Labute approximate surface area is 195 Å². The summed E-state index contributed by atoms with van der Waals surface area (Å²) >= 11 is 0. The summed E-state index contributed by atoms with van der Waals surface area (Å²) in [7, 11) is 0. The minimum Gasteiger partial charge on any atom is -0.481 e. The molecule has 0 saturated carbocycles. The van der Waals surface area contributed by atoms with E-state index in [1.807, 2.05) is 48.5 Å². The Morgan fingerprint density at radius 1 is 1.09 bits per heavy atom. The zero-order valence-corrected chi connectivity index (χ0v) is 18.6. The molecule has 1 saturated heterocycles. The maximum atomic E-state index is 13.6. The maximum absolute atomic E-state index is 13.6. The van der Waals surface area contributed by atoms with Gasteiger partial charge in [0.2, 0.25) is 5.91 Å². The number of amides is 2. The Morgan fingerprint density at radius 2 is 1.68 bits per heavy atom. The lowest BCUT2D eigenvalue weighted by Gasteiger charge is -2.26. The number of nitrogens with one attached hydrogen (secondary N) is 1. The smallest absolute Gasteiger partial charge is 0.407 e. The quantitative estimate of drug-likeness (QED) is 0.638. The number of benzene rings is 2. The highest BCUT2D eigenvalue weighted by molar-refractivity contribution is 5.81. The van der Waals surface area contributed by atoms with Crippen LogP contribution in [0, 0.1) is 5.92 Å². The molecule has 1 aliphatic heterocycles. The highest BCUT2D eigenvalue weighted by Crippen LogP contribution is 2.44. The second-order valence-electron chi connectivity index (χ2n) is 8.68. The molecule has 2 N–H and O–H groups in total. The lowest BCUT2D eigenvalue weighted by atomic mass is 9.98. The monoisotopic (exact) mass is 472 g/mol. The van der Waals surface area contributed by atoms with Crippen molar-refractivity contribution in [2.24, 2.45) is 5.92 Å². The molecule has 0 bridgehead atoms. The molecule has 3 atom stereocenters. The topological polar surface area (TPSA) is 95.9 Å². The van der Waals surface area contributed by atoms with Gasteiger partial charge >= 0.3 is 12.1 Å². The number of alkyl halides is 2. The van der Waals surface area contributed by atoms with E-state index in [4.69, 9.17) is 4.74 Å². The molecule has 1 heterocycles. The number of ether oxygens (including phenoxy) is 1. The van der Waals surface area contributed by atoms with Gasteiger partial charge in [0.1, 0.15) is 12.6 Å². The Bertz CT molecular complexity index is 1050. The van der Waals surface area contributed by atoms with E-state index in [9.17, 15) is 28.3 Å². The summed E-state index contributed by atoms with van der Waals surface area (Å²) in [6, 6.07) is 13.2. The van der Waals surface area contributed by atoms with Crippen LogP contribution in [0.25, 0.3) is 11.1 Å². The molecule has 180 valence electrons.